The first-order chi connectivity index (χ1) is 8.25. The molecule has 2 unspecified atom stereocenters. The fourth-order valence-corrected chi connectivity index (χ4v) is 3.67. The van der Waals surface area contributed by atoms with Crippen LogP contribution in [0.15, 0.2) is 11.0 Å². The van der Waals surface area contributed by atoms with E-state index < -0.39 is 0 Å². The van der Waals surface area contributed by atoms with Crippen LogP contribution in [0, 0.1) is 11.8 Å². The van der Waals surface area contributed by atoms with Crippen molar-refractivity contribution in [1.82, 2.24) is 0 Å². The maximum absolute atomic E-state index is 9.59. The number of rotatable bonds is 4. The minimum absolute atomic E-state index is 0.121. The fourth-order valence-electron chi connectivity index (χ4n) is 1.50. The van der Waals surface area contributed by atoms with Gasteiger partial charge in [-0.25, -0.2) is 0 Å². The Bertz CT molecular complexity index is 435. The lowest BCUT2D eigenvalue weighted by Gasteiger charge is -2.23. The molecule has 1 nitrogen and oxygen atoms in total. The summed E-state index contributed by atoms with van der Waals surface area (Å²) < 4.78 is 0. The highest BCUT2D eigenvalue weighted by Gasteiger charge is 2.20. The summed E-state index contributed by atoms with van der Waals surface area (Å²) in [5.41, 5.74) is 0. The van der Waals surface area contributed by atoms with Gasteiger partial charge in [0.15, 0.2) is 5.75 Å². The van der Waals surface area contributed by atoms with Gasteiger partial charge < -0.3 is 5.11 Å². The second kappa shape index (κ2) is 6.60. The van der Waals surface area contributed by atoms with E-state index in [1.165, 1.54) is 0 Å². The van der Waals surface area contributed by atoms with Crippen LogP contribution in [0.3, 0.4) is 0 Å². The first kappa shape index (κ1) is 16.3. The largest absolute Gasteiger partial charge is 0.505 e. The van der Waals surface area contributed by atoms with E-state index in [1.54, 1.807) is 17.8 Å². The Hall–Kier alpha value is 0.240. The van der Waals surface area contributed by atoms with Gasteiger partial charge in [-0.3, -0.25) is 0 Å². The van der Waals surface area contributed by atoms with Crippen LogP contribution in [0.2, 0.25) is 15.1 Å². The summed E-state index contributed by atoms with van der Waals surface area (Å²) in [6, 6.07) is 1.67. The topological polar surface area (TPSA) is 20.2 Å². The molecule has 0 saturated heterocycles. The Morgan fingerprint density at radius 1 is 1.06 bits per heavy atom. The summed E-state index contributed by atoms with van der Waals surface area (Å²) in [5, 5.41) is 10.7. The third-order valence-corrected chi connectivity index (χ3v) is 5.84. The van der Waals surface area contributed by atoms with Gasteiger partial charge in [0.25, 0.3) is 0 Å². The second-order valence-corrected chi connectivity index (χ2v) is 7.34. The molecule has 102 valence electrons. The maximum Gasteiger partial charge on any atom is 0.154 e. The third-order valence-electron chi connectivity index (χ3n) is 3.21. The van der Waals surface area contributed by atoms with Crippen LogP contribution in [-0.2, 0) is 0 Å². The average Bonchev–Trinajstić information content (AvgIpc) is 2.32. The first-order valence-electron chi connectivity index (χ1n) is 5.78. The van der Waals surface area contributed by atoms with Crippen molar-refractivity contribution in [1.29, 1.82) is 0 Å². The van der Waals surface area contributed by atoms with Gasteiger partial charge in [-0.2, -0.15) is 0 Å². The molecule has 1 aromatic carbocycles. The molecule has 0 amide bonds. The van der Waals surface area contributed by atoms with Gasteiger partial charge in [-0.15, -0.1) is 11.8 Å². The molecule has 0 saturated carbocycles. The number of thioether (sulfide) groups is 1. The highest BCUT2D eigenvalue weighted by Crippen LogP contribution is 2.45. The van der Waals surface area contributed by atoms with Crippen LogP contribution < -0.4 is 0 Å². The zero-order chi connectivity index (χ0) is 14.0. The van der Waals surface area contributed by atoms with E-state index in [0.29, 0.717) is 22.1 Å². The van der Waals surface area contributed by atoms with Gasteiger partial charge in [-0.05, 0) is 17.9 Å². The van der Waals surface area contributed by atoms with Crippen LogP contribution in [0.25, 0.3) is 0 Å². The van der Waals surface area contributed by atoms with E-state index >= 15 is 0 Å². The predicted molar refractivity (Wildman–Crippen MR) is 82.5 cm³/mol. The minimum Gasteiger partial charge on any atom is -0.505 e. The second-order valence-electron chi connectivity index (χ2n) is 4.76. The summed E-state index contributed by atoms with van der Waals surface area (Å²) in [6.07, 6.45) is 0. The molecule has 0 bridgehead atoms. The Kier molecular flexibility index (Phi) is 5.98. The third kappa shape index (κ3) is 3.63. The van der Waals surface area contributed by atoms with Crippen molar-refractivity contribution in [3.63, 3.8) is 0 Å². The number of benzene rings is 1. The zero-order valence-electron chi connectivity index (χ0n) is 10.8. The lowest BCUT2D eigenvalue weighted by molar-refractivity contribution is 0.417. The number of phenolic OH excluding ortho intramolecular Hbond substituents is 1. The van der Waals surface area contributed by atoms with Gasteiger partial charge in [0.1, 0.15) is 5.02 Å². The van der Waals surface area contributed by atoms with Crippen LogP contribution in [0.1, 0.15) is 27.7 Å². The standard InChI is InChI=1S/C13H17Cl3OS/c1-6(2)7(3)8(4)18-10-5-9(14)13(17)12(16)11(10)15/h5-8,17H,1-4H3. The minimum atomic E-state index is -0.155. The van der Waals surface area contributed by atoms with E-state index in [4.69, 9.17) is 34.8 Å². The van der Waals surface area contributed by atoms with Crippen molar-refractivity contribution in [2.24, 2.45) is 11.8 Å². The highest BCUT2D eigenvalue weighted by atomic mass is 35.5. The van der Waals surface area contributed by atoms with Gasteiger partial charge in [0, 0.05) is 10.1 Å². The molecule has 18 heavy (non-hydrogen) atoms. The zero-order valence-corrected chi connectivity index (χ0v) is 13.9. The van der Waals surface area contributed by atoms with Crippen molar-refractivity contribution < 1.29 is 5.11 Å². The van der Waals surface area contributed by atoms with Crippen molar-refractivity contribution in [2.45, 2.75) is 37.8 Å². The van der Waals surface area contributed by atoms with E-state index in [2.05, 4.69) is 27.7 Å². The summed E-state index contributed by atoms with van der Waals surface area (Å²) in [6.45, 7) is 8.75. The van der Waals surface area contributed by atoms with Crippen LogP contribution in [0.4, 0.5) is 0 Å². The molecule has 1 aromatic rings. The number of halogens is 3. The molecule has 0 aliphatic rings. The molecule has 5 heteroatoms. The predicted octanol–water partition coefficient (Wildman–Crippen LogP) is 6.13. The van der Waals surface area contributed by atoms with E-state index in [1.807, 2.05) is 0 Å². The number of aromatic hydroxyl groups is 1. The normalized spacial score (nSPS) is 14.9. The smallest absolute Gasteiger partial charge is 0.154 e. The highest BCUT2D eigenvalue weighted by molar-refractivity contribution is 8.00. The van der Waals surface area contributed by atoms with E-state index in [-0.39, 0.29) is 15.8 Å². The average molecular weight is 328 g/mol. The Morgan fingerprint density at radius 2 is 1.61 bits per heavy atom. The molecule has 2 atom stereocenters. The molecule has 0 aromatic heterocycles. The van der Waals surface area contributed by atoms with Crippen molar-refractivity contribution in [3.05, 3.63) is 21.1 Å². The van der Waals surface area contributed by atoms with Gasteiger partial charge in [0.2, 0.25) is 0 Å². The summed E-state index contributed by atoms with van der Waals surface area (Å²) in [4.78, 5) is 0.810. The Labute approximate surface area is 128 Å². The quantitative estimate of drug-likeness (QED) is 0.530. The molecule has 1 N–H and O–H groups in total. The molecular weight excluding hydrogens is 311 g/mol. The summed E-state index contributed by atoms with van der Waals surface area (Å²) >= 11 is 19.6. The van der Waals surface area contributed by atoms with Crippen LogP contribution in [-0.4, -0.2) is 10.4 Å². The van der Waals surface area contributed by atoms with Gasteiger partial charge in [-0.1, -0.05) is 62.5 Å². The van der Waals surface area contributed by atoms with Gasteiger partial charge in [0.05, 0.1) is 10.0 Å². The number of phenols is 1. The lowest BCUT2D eigenvalue weighted by atomic mass is 9.95. The molecule has 0 spiro atoms. The Morgan fingerprint density at radius 3 is 2.11 bits per heavy atom. The number of hydrogen-bond acceptors (Lipinski definition) is 2. The lowest BCUT2D eigenvalue weighted by Crippen LogP contribution is -2.16. The van der Waals surface area contributed by atoms with Crippen molar-refractivity contribution in [3.8, 4) is 5.75 Å². The molecular formula is C13H17Cl3OS. The van der Waals surface area contributed by atoms with E-state index in [9.17, 15) is 5.11 Å². The van der Waals surface area contributed by atoms with Crippen LogP contribution in [0.5, 0.6) is 5.75 Å². The van der Waals surface area contributed by atoms with Crippen LogP contribution >= 0.6 is 46.6 Å². The molecule has 0 aliphatic heterocycles. The fraction of sp³-hybridized carbons (Fsp3) is 0.538. The molecule has 1 rings (SSSR count). The van der Waals surface area contributed by atoms with Gasteiger partial charge >= 0.3 is 0 Å². The van der Waals surface area contributed by atoms with Crippen molar-refractivity contribution >= 4 is 46.6 Å². The summed E-state index contributed by atoms with van der Waals surface area (Å²) in [7, 11) is 0. The van der Waals surface area contributed by atoms with E-state index in [0.717, 1.165) is 4.90 Å². The first-order valence-corrected chi connectivity index (χ1v) is 7.80. The van der Waals surface area contributed by atoms with Crippen molar-refractivity contribution in [2.75, 3.05) is 0 Å². The maximum atomic E-state index is 9.59. The SMILES string of the molecule is CC(C)C(C)C(C)Sc1cc(Cl)c(O)c(Cl)c1Cl. The molecule has 0 radical (unpaired) electrons. The monoisotopic (exact) mass is 326 g/mol. The Balaban J connectivity index is 2.99. The molecule has 0 aliphatic carbocycles. The summed E-state index contributed by atoms with van der Waals surface area (Å²) in [5.74, 6) is 0.976. The molecule has 0 fully saturated rings. The molecule has 0 heterocycles. The number of hydrogen-bond donors (Lipinski definition) is 1.